The van der Waals surface area contributed by atoms with Crippen molar-refractivity contribution in [1.82, 2.24) is 9.97 Å². The van der Waals surface area contributed by atoms with Crippen molar-refractivity contribution in [2.75, 3.05) is 19.0 Å². The highest BCUT2D eigenvalue weighted by Gasteiger charge is 2.12. The Labute approximate surface area is 118 Å². The van der Waals surface area contributed by atoms with Gasteiger partial charge in [0.2, 0.25) is 5.88 Å². The van der Waals surface area contributed by atoms with E-state index in [4.69, 9.17) is 4.74 Å². The van der Waals surface area contributed by atoms with Crippen molar-refractivity contribution in [2.45, 2.75) is 39.5 Å². The Hall–Kier alpha value is -0.840. The number of rotatable bonds is 8. The highest BCUT2D eigenvalue weighted by molar-refractivity contribution is 9.10. The van der Waals surface area contributed by atoms with E-state index in [1.165, 1.54) is 25.6 Å². The SMILES string of the molecule is CCCCC(CC)COc1ncnc(NC)c1Br. The van der Waals surface area contributed by atoms with Crippen LogP contribution < -0.4 is 10.1 Å². The van der Waals surface area contributed by atoms with Gasteiger partial charge in [-0.1, -0.05) is 33.1 Å². The molecular formula is C13H22BrN3O. The minimum Gasteiger partial charge on any atom is -0.476 e. The summed E-state index contributed by atoms with van der Waals surface area (Å²) in [7, 11) is 1.83. The van der Waals surface area contributed by atoms with Gasteiger partial charge in [0.15, 0.2) is 0 Å². The molecule has 1 rings (SSSR count). The molecule has 102 valence electrons. The lowest BCUT2D eigenvalue weighted by Crippen LogP contribution is -2.12. The van der Waals surface area contributed by atoms with Crippen molar-refractivity contribution in [3.63, 3.8) is 0 Å². The van der Waals surface area contributed by atoms with E-state index in [0.717, 1.165) is 23.3 Å². The number of ether oxygens (including phenoxy) is 1. The average molecular weight is 316 g/mol. The average Bonchev–Trinajstić information content (AvgIpc) is 2.40. The van der Waals surface area contributed by atoms with Crippen LogP contribution in [0.25, 0.3) is 0 Å². The molecular weight excluding hydrogens is 294 g/mol. The Kier molecular flexibility index (Phi) is 7.01. The Morgan fingerprint density at radius 3 is 2.78 bits per heavy atom. The molecule has 0 aliphatic rings. The molecule has 0 saturated carbocycles. The highest BCUT2D eigenvalue weighted by Crippen LogP contribution is 2.28. The van der Waals surface area contributed by atoms with Crippen LogP contribution in [0.15, 0.2) is 10.8 Å². The fourth-order valence-electron chi connectivity index (χ4n) is 1.72. The van der Waals surface area contributed by atoms with Crippen LogP contribution >= 0.6 is 15.9 Å². The van der Waals surface area contributed by atoms with E-state index in [-0.39, 0.29) is 0 Å². The van der Waals surface area contributed by atoms with Gasteiger partial charge >= 0.3 is 0 Å². The number of nitrogens with zero attached hydrogens (tertiary/aromatic N) is 2. The first-order chi connectivity index (χ1) is 8.72. The summed E-state index contributed by atoms with van der Waals surface area (Å²) in [6, 6.07) is 0. The molecule has 0 bridgehead atoms. The number of anilines is 1. The summed E-state index contributed by atoms with van der Waals surface area (Å²) in [5.41, 5.74) is 0. The summed E-state index contributed by atoms with van der Waals surface area (Å²) >= 11 is 3.45. The van der Waals surface area contributed by atoms with E-state index >= 15 is 0 Å². The van der Waals surface area contributed by atoms with Gasteiger partial charge in [0.05, 0.1) is 6.61 Å². The summed E-state index contributed by atoms with van der Waals surface area (Å²) in [5.74, 6) is 1.97. The Bertz CT molecular complexity index is 360. The molecule has 5 heteroatoms. The van der Waals surface area contributed by atoms with Crippen molar-refractivity contribution in [3.05, 3.63) is 10.8 Å². The zero-order valence-electron chi connectivity index (χ0n) is 11.4. The lowest BCUT2D eigenvalue weighted by molar-refractivity contribution is 0.224. The standard InChI is InChI=1S/C13H22BrN3O/c1-4-6-7-10(5-2)8-18-13-11(14)12(15-3)16-9-17-13/h9-10H,4-8H2,1-3H3,(H,15,16,17). The van der Waals surface area contributed by atoms with Crippen LogP contribution in [0, 0.1) is 5.92 Å². The van der Waals surface area contributed by atoms with Crippen LogP contribution in [0.3, 0.4) is 0 Å². The molecule has 18 heavy (non-hydrogen) atoms. The molecule has 1 unspecified atom stereocenters. The minimum absolute atomic E-state index is 0.602. The van der Waals surface area contributed by atoms with Crippen LogP contribution in [0.1, 0.15) is 39.5 Å². The van der Waals surface area contributed by atoms with Gasteiger partial charge in [-0.3, -0.25) is 0 Å². The maximum atomic E-state index is 5.79. The van der Waals surface area contributed by atoms with Gasteiger partial charge in [-0.25, -0.2) is 9.97 Å². The van der Waals surface area contributed by atoms with E-state index in [1.807, 2.05) is 7.05 Å². The first kappa shape index (κ1) is 15.2. The van der Waals surface area contributed by atoms with E-state index in [1.54, 1.807) is 0 Å². The second-order valence-electron chi connectivity index (χ2n) is 4.32. The number of nitrogens with one attached hydrogen (secondary N) is 1. The molecule has 0 radical (unpaired) electrons. The number of halogens is 1. The summed E-state index contributed by atoms with van der Waals surface area (Å²) in [5, 5.41) is 2.99. The fourth-order valence-corrected chi connectivity index (χ4v) is 2.24. The van der Waals surface area contributed by atoms with Gasteiger partial charge in [-0.2, -0.15) is 0 Å². The number of unbranched alkanes of at least 4 members (excludes halogenated alkanes) is 1. The van der Waals surface area contributed by atoms with Crippen LogP contribution in [0.4, 0.5) is 5.82 Å². The van der Waals surface area contributed by atoms with Gasteiger partial charge < -0.3 is 10.1 Å². The lowest BCUT2D eigenvalue weighted by Gasteiger charge is -2.16. The molecule has 1 aromatic heterocycles. The first-order valence-electron chi connectivity index (χ1n) is 6.53. The lowest BCUT2D eigenvalue weighted by atomic mass is 10.0. The topological polar surface area (TPSA) is 47.0 Å². The van der Waals surface area contributed by atoms with Gasteiger partial charge in [0.25, 0.3) is 0 Å². The number of hydrogen-bond acceptors (Lipinski definition) is 4. The maximum Gasteiger partial charge on any atom is 0.233 e. The van der Waals surface area contributed by atoms with Gasteiger partial charge in [0, 0.05) is 7.05 Å². The Balaban J connectivity index is 2.56. The third kappa shape index (κ3) is 4.44. The molecule has 0 amide bonds. The van der Waals surface area contributed by atoms with Crippen molar-refractivity contribution < 1.29 is 4.74 Å². The molecule has 1 heterocycles. The second-order valence-corrected chi connectivity index (χ2v) is 5.11. The number of aromatic nitrogens is 2. The van der Waals surface area contributed by atoms with Gasteiger partial charge in [-0.05, 0) is 28.3 Å². The molecule has 4 nitrogen and oxygen atoms in total. The molecule has 0 fully saturated rings. The predicted octanol–water partition coefficient (Wildman–Crippen LogP) is 3.88. The van der Waals surface area contributed by atoms with Crippen molar-refractivity contribution in [3.8, 4) is 5.88 Å². The largest absolute Gasteiger partial charge is 0.476 e. The normalized spacial score (nSPS) is 12.2. The summed E-state index contributed by atoms with van der Waals surface area (Å²) in [4.78, 5) is 8.26. The van der Waals surface area contributed by atoms with E-state index in [9.17, 15) is 0 Å². The zero-order chi connectivity index (χ0) is 13.4. The smallest absolute Gasteiger partial charge is 0.233 e. The van der Waals surface area contributed by atoms with Crippen LogP contribution in [-0.4, -0.2) is 23.6 Å². The van der Waals surface area contributed by atoms with Gasteiger partial charge in [-0.15, -0.1) is 0 Å². The third-order valence-electron chi connectivity index (χ3n) is 2.99. The summed E-state index contributed by atoms with van der Waals surface area (Å²) in [6.45, 7) is 5.14. The molecule has 0 aliphatic heterocycles. The molecule has 0 aliphatic carbocycles. The number of hydrogen-bond donors (Lipinski definition) is 1. The first-order valence-corrected chi connectivity index (χ1v) is 7.33. The highest BCUT2D eigenvalue weighted by atomic mass is 79.9. The van der Waals surface area contributed by atoms with Crippen molar-refractivity contribution >= 4 is 21.7 Å². The Morgan fingerprint density at radius 1 is 1.39 bits per heavy atom. The monoisotopic (exact) mass is 315 g/mol. The maximum absolute atomic E-state index is 5.79. The van der Waals surface area contributed by atoms with Crippen LogP contribution in [0.2, 0.25) is 0 Å². The van der Waals surface area contributed by atoms with Gasteiger partial charge in [0.1, 0.15) is 16.6 Å². The van der Waals surface area contributed by atoms with Crippen LogP contribution in [0.5, 0.6) is 5.88 Å². The second kappa shape index (κ2) is 8.29. The van der Waals surface area contributed by atoms with Crippen molar-refractivity contribution in [2.24, 2.45) is 5.92 Å². The van der Waals surface area contributed by atoms with E-state index in [0.29, 0.717) is 11.8 Å². The molecule has 1 N–H and O–H groups in total. The molecule has 0 saturated heterocycles. The quantitative estimate of drug-likeness (QED) is 0.791. The predicted molar refractivity (Wildman–Crippen MR) is 78.1 cm³/mol. The molecule has 1 aromatic rings. The summed E-state index contributed by atoms with van der Waals surface area (Å²) in [6.07, 6.45) is 6.36. The van der Waals surface area contributed by atoms with Crippen LogP contribution in [-0.2, 0) is 0 Å². The zero-order valence-corrected chi connectivity index (χ0v) is 13.0. The third-order valence-corrected chi connectivity index (χ3v) is 3.71. The molecule has 1 atom stereocenters. The van der Waals surface area contributed by atoms with Crippen molar-refractivity contribution in [1.29, 1.82) is 0 Å². The Morgan fingerprint density at radius 2 is 2.17 bits per heavy atom. The molecule has 0 spiro atoms. The molecule has 0 aromatic carbocycles. The van der Waals surface area contributed by atoms with E-state index in [2.05, 4.69) is 45.1 Å². The minimum atomic E-state index is 0.602. The summed E-state index contributed by atoms with van der Waals surface area (Å²) < 4.78 is 6.58. The van der Waals surface area contributed by atoms with E-state index < -0.39 is 0 Å². The fraction of sp³-hybridized carbons (Fsp3) is 0.692.